The fourth-order valence-electron chi connectivity index (χ4n) is 1.08. The fourth-order valence-corrected chi connectivity index (χ4v) is 1.27. The van der Waals surface area contributed by atoms with Crippen molar-refractivity contribution in [3.05, 3.63) is 69.5 Å². The van der Waals surface area contributed by atoms with Gasteiger partial charge in [0.2, 0.25) is 5.96 Å². The van der Waals surface area contributed by atoms with E-state index in [1.165, 1.54) is 0 Å². The Kier molecular flexibility index (Phi) is 4.25. The van der Waals surface area contributed by atoms with Crippen LogP contribution in [-0.4, -0.2) is 18.4 Å². The fraction of sp³-hybridized carbons (Fsp3) is 0. The van der Waals surface area contributed by atoms with Crippen LogP contribution in [0.4, 0.5) is 0 Å². The molecule has 2 aromatic rings. The van der Waals surface area contributed by atoms with E-state index in [-0.39, 0.29) is 51.6 Å². The monoisotopic (exact) mass is 377 g/mol. The predicted octanol–water partition coefficient (Wildman–Crippen LogP) is 3.69. The molecule has 120 valence electrons. The van der Waals surface area contributed by atoms with Crippen molar-refractivity contribution in [3.8, 4) is 0 Å². The molecule has 0 saturated carbocycles. The summed E-state index contributed by atoms with van der Waals surface area (Å²) in [5.41, 5.74) is 7.55. The predicted molar refractivity (Wildman–Crippen MR) is 100 cm³/mol. The van der Waals surface area contributed by atoms with Gasteiger partial charge < -0.3 is 5.73 Å². The van der Waals surface area contributed by atoms with Crippen LogP contribution in [0.15, 0.2) is 63.6 Å². The SMILES string of the molecule is Cl.[2H]c1c([2H])c(C=NN=C(N)NN=Cc2c([2H])c([2H])c(Cl)c([2H])c2[2H])c([2H])c([2H])c1Cl. The topological polar surface area (TPSA) is 75.1 Å². The first-order chi connectivity index (χ1) is 14.0. The molecule has 2 aromatic carbocycles. The molecule has 0 spiro atoms. The second-order valence-corrected chi connectivity index (χ2v) is 4.31. The summed E-state index contributed by atoms with van der Waals surface area (Å²) in [4.78, 5) is 0. The molecule has 3 N–H and O–H groups in total. The zero-order chi connectivity index (χ0) is 22.7. The largest absolute Gasteiger partial charge is 0.367 e. The molecule has 0 aliphatic rings. The zero-order valence-electron chi connectivity index (χ0n) is 19.2. The van der Waals surface area contributed by atoms with Crippen LogP contribution in [0, 0.1) is 0 Å². The number of hydrogen-bond donors (Lipinski definition) is 2. The number of hydrogen-bond acceptors (Lipinski definition) is 3. The van der Waals surface area contributed by atoms with Gasteiger partial charge in [0, 0.05) is 10.0 Å². The molecule has 8 heteroatoms. The van der Waals surface area contributed by atoms with Gasteiger partial charge in [-0.15, -0.1) is 17.5 Å². The number of nitrogens with zero attached hydrogens (tertiary/aromatic N) is 3. The van der Waals surface area contributed by atoms with Gasteiger partial charge in [-0.2, -0.15) is 10.2 Å². The number of hydrazone groups is 1. The summed E-state index contributed by atoms with van der Waals surface area (Å²) in [7, 11) is 0. The maximum absolute atomic E-state index is 7.80. The number of nitrogens with two attached hydrogens (primary N) is 1. The first-order valence-corrected chi connectivity index (χ1v) is 6.41. The van der Waals surface area contributed by atoms with Gasteiger partial charge in [-0.25, -0.2) is 5.43 Å². The quantitative estimate of drug-likeness (QED) is 0.483. The summed E-state index contributed by atoms with van der Waals surface area (Å²) in [5, 5.41) is 10.2. The van der Waals surface area contributed by atoms with E-state index in [0.29, 0.717) is 0 Å². The molecule has 2 rings (SSSR count). The average molecular weight is 379 g/mol. The summed E-state index contributed by atoms with van der Waals surface area (Å²) >= 11 is 11.4. The van der Waals surface area contributed by atoms with Crippen LogP contribution < -0.4 is 11.2 Å². The lowest BCUT2D eigenvalue weighted by molar-refractivity contribution is 0.994. The van der Waals surface area contributed by atoms with Crippen molar-refractivity contribution in [1.29, 1.82) is 0 Å². The number of halogens is 3. The Morgan fingerprint density at radius 2 is 1.43 bits per heavy atom. The Hall–Kier alpha value is -2.08. The summed E-state index contributed by atoms with van der Waals surface area (Å²) in [6, 6.07) is -3.20. The Bertz CT molecular complexity index is 1050. The molecule has 0 amide bonds. The molecule has 0 unspecified atom stereocenters. The Balaban J connectivity index is 0.00000480. The highest BCUT2D eigenvalue weighted by molar-refractivity contribution is 6.30. The molecule has 0 fully saturated rings. The molecule has 0 aliphatic heterocycles. The number of nitrogens with one attached hydrogen (secondary N) is 1. The van der Waals surface area contributed by atoms with E-state index in [1.54, 1.807) is 0 Å². The summed E-state index contributed by atoms with van der Waals surface area (Å²) in [6.45, 7) is 0. The lowest BCUT2D eigenvalue weighted by Crippen LogP contribution is -2.26. The number of rotatable bonds is 4. The molecule has 0 atom stereocenters. The Labute approximate surface area is 161 Å². The smallest absolute Gasteiger partial charge is 0.234 e. The number of benzene rings is 2. The minimum Gasteiger partial charge on any atom is -0.367 e. The van der Waals surface area contributed by atoms with Crippen molar-refractivity contribution in [2.45, 2.75) is 0 Å². The van der Waals surface area contributed by atoms with E-state index in [1.807, 2.05) is 0 Å². The van der Waals surface area contributed by atoms with Crippen LogP contribution in [0.5, 0.6) is 0 Å². The minimum absolute atomic E-state index is 0. The van der Waals surface area contributed by atoms with E-state index in [9.17, 15) is 0 Å². The summed E-state index contributed by atoms with van der Waals surface area (Å²) < 4.78 is 61.8. The highest BCUT2D eigenvalue weighted by Crippen LogP contribution is 2.08. The Morgan fingerprint density at radius 3 is 1.96 bits per heavy atom. The zero-order valence-corrected chi connectivity index (χ0v) is 13.6. The summed E-state index contributed by atoms with van der Waals surface area (Å²) in [6.07, 6.45) is 1.97. The number of guanidine groups is 1. The van der Waals surface area contributed by atoms with E-state index < -0.39 is 36.3 Å². The van der Waals surface area contributed by atoms with Gasteiger partial charge in [0.1, 0.15) is 0 Å². The van der Waals surface area contributed by atoms with Crippen molar-refractivity contribution in [2.24, 2.45) is 21.0 Å². The maximum Gasteiger partial charge on any atom is 0.234 e. The second kappa shape index (κ2) is 9.84. The van der Waals surface area contributed by atoms with Gasteiger partial charge in [0.15, 0.2) is 0 Å². The Morgan fingerprint density at radius 1 is 0.957 bits per heavy atom. The molecule has 0 heterocycles. The third-order valence-corrected chi connectivity index (χ3v) is 2.33. The normalized spacial score (nSPS) is 16.5. The minimum atomic E-state index is -0.415. The first-order valence-electron chi connectivity index (χ1n) is 9.66. The molecule has 0 aromatic heterocycles. The van der Waals surface area contributed by atoms with E-state index >= 15 is 0 Å². The highest BCUT2D eigenvalue weighted by Gasteiger charge is 1.90. The maximum atomic E-state index is 7.80. The van der Waals surface area contributed by atoms with E-state index in [0.717, 1.165) is 12.4 Å². The first kappa shape index (κ1) is 9.93. The lowest BCUT2D eigenvalue weighted by atomic mass is 10.2. The molecular formula is C15H14Cl3N5. The van der Waals surface area contributed by atoms with Gasteiger partial charge in [0.05, 0.1) is 23.4 Å². The van der Waals surface area contributed by atoms with Gasteiger partial charge >= 0.3 is 0 Å². The van der Waals surface area contributed by atoms with Crippen LogP contribution >= 0.6 is 35.6 Å². The van der Waals surface area contributed by atoms with Crippen molar-refractivity contribution >= 4 is 54.0 Å². The lowest BCUT2D eigenvalue weighted by Gasteiger charge is -1.96. The van der Waals surface area contributed by atoms with Gasteiger partial charge in [-0.3, -0.25) is 0 Å². The van der Waals surface area contributed by atoms with E-state index in [4.69, 9.17) is 39.9 Å². The average Bonchev–Trinajstić information content (AvgIpc) is 2.72. The highest BCUT2D eigenvalue weighted by atomic mass is 35.5. The van der Waals surface area contributed by atoms with E-state index in [2.05, 4.69) is 20.7 Å². The molecule has 0 saturated heterocycles. The van der Waals surface area contributed by atoms with Crippen LogP contribution in [0.25, 0.3) is 0 Å². The van der Waals surface area contributed by atoms with Gasteiger partial charge in [0.25, 0.3) is 0 Å². The molecule has 23 heavy (non-hydrogen) atoms. The summed E-state index contributed by atoms with van der Waals surface area (Å²) in [5.74, 6) is -0.337. The van der Waals surface area contributed by atoms with Gasteiger partial charge in [-0.05, 0) is 35.3 Å². The van der Waals surface area contributed by atoms with Crippen LogP contribution in [0.2, 0.25) is 10.0 Å². The molecular weight excluding hydrogens is 357 g/mol. The molecule has 5 nitrogen and oxygen atoms in total. The third-order valence-electron chi connectivity index (χ3n) is 1.95. The van der Waals surface area contributed by atoms with Crippen molar-refractivity contribution < 1.29 is 11.0 Å². The van der Waals surface area contributed by atoms with Crippen molar-refractivity contribution in [1.82, 2.24) is 5.43 Å². The van der Waals surface area contributed by atoms with Crippen molar-refractivity contribution in [3.63, 3.8) is 0 Å². The van der Waals surface area contributed by atoms with Crippen LogP contribution in [0.3, 0.4) is 0 Å². The third kappa shape index (κ3) is 7.15. The molecule has 0 bridgehead atoms. The standard InChI is InChI=1S/C15H13Cl2N5.ClH/c16-13-5-1-11(2-6-13)9-19-21-15(18)22-20-10-12-3-7-14(17)8-4-12;/h1-10H,(H3,18,21,22);1H/i1D,2D,3D,4D,5D,6D,7D,8D;. The van der Waals surface area contributed by atoms with Crippen molar-refractivity contribution in [2.75, 3.05) is 0 Å². The van der Waals surface area contributed by atoms with Gasteiger partial charge in [-0.1, -0.05) is 47.4 Å². The van der Waals surface area contributed by atoms with Crippen LogP contribution in [0.1, 0.15) is 22.1 Å². The molecule has 0 aliphatic carbocycles. The van der Waals surface area contributed by atoms with Crippen LogP contribution in [-0.2, 0) is 0 Å². The second-order valence-electron chi connectivity index (χ2n) is 3.56. The molecule has 0 radical (unpaired) electrons.